The predicted molar refractivity (Wildman–Crippen MR) is 137 cm³/mol. The van der Waals surface area contributed by atoms with Gasteiger partial charge in [-0.15, -0.1) is 0 Å². The average Bonchev–Trinajstić information content (AvgIpc) is 3.39. The van der Waals surface area contributed by atoms with Crippen LogP contribution in [0.25, 0.3) is 0 Å². The Hall–Kier alpha value is -4.46. The number of aromatic hydroxyl groups is 1. The number of phenols is 1. The third-order valence-electron chi connectivity index (χ3n) is 6.13. The highest BCUT2D eigenvalue weighted by Crippen LogP contribution is 2.12. The van der Waals surface area contributed by atoms with E-state index in [1.807, 2.05) is 0 Å². The van der Waals surface area contributed by atoms with Crippen molar-refractivity contribution in [3.05, 3.63) is 48.0 Å². The van der Waals surface area contributed by atoms with Crippen LogP contribution in [0.2, 0.25) is 0 Å². The number of H-pyrrole nitrogens is 1. The standard InChI is InChI=1S/C25H34N6O8/c1-3-13(2)21(24(37)30-19(25(38)39)10-20(33)34)31-23(36)18(9-15-11-27-12-28-15)29-22(35)17(26)8-14-4-6-16(32)7-5-14/h4-7,11-13,17-19,21,32H,3,8-10,26H2,1-2H3,(H,27,28)(H,29,35)(H,30,37)(H,31,36)(H,33,34)(H,38,39). The van der Waals surface area contributed by atoms with E-state index in [-0.39, 0.29) is 18.6 Å². The molecule has 3 amide bonds. The van der Waals surface area contributed by atoms with E-state index in [0.717, 1.165) is 0 Å². The number of carbonyl (C=O) groups is 5. The summed E-state index contributed by atoms with van der Waals surface area (Å²) in [7, 11) is 0. The predicted octanol–water partition coefficient (Wildman–Crippen LogP) is -0.712. The number of nitrogens with zero attached hydrogens (tertiary/aromatic N) is 1. The van der Waals surface area contributed by atoms with E-state index >= 15 is 0 Å². The van der Waals surface area contributed by atoms with Crippen LogP contribution in [-0.4, -0.2) is 79.1 Å². The zero-order valence-corrected chi connectivity index (χ0v) is 21.6. The molecule has 0 saturated carbocycles. The number of phenolic OH excluding ortho intramolecular Hbond substituents is 1. The van der Waals surface area contributed by atoms with Crippen LogP contribution in [0.5, 0.6) is 5.75 Å². The Bertz CT molecular complexity index is 1140. The highest BCUT2D eigenvalue weighted by Gasteiger charge is 2.33. The number of aromatic amines is 1. The third kappa shape index (κ3) is 9.74. The second-order valence-corrected chi connectivity index (χ2v) is 9.19. The monoisotopic (exact) mass is 546 g/mol. The van der Waals surface area contributed by atoms with Gasteiger partial charge in [-0.2, -0.15) is 0 Å². The molecule has 2 aromatic rings. The normalized spacial score (nSPS) is 14.7. The molecule has 5 atom stereocenters. The fourth-order valence-electron chi connectivity index (χ4n) is 3.67. The third-order valence-corrected chi connectivity index (χ3v) is 6.13. The maximum absolute atomic E-state index is 13.3. The zero-order chi connectivity index (χ0) is 29.1. The topological polar surface area (TPSA) is 237 Å². The molecule has 1 aromatic heterocycles. The summed E-state index contributed by atoms with van der Waals surface area (Å²) >= 11 is 0. The van der Waals surface area contributed by atoms with E-state index < -0.39 is 66.2 Å². The van der Waals surface area contributed by atoms with Crippen LogP contribution in [0.1, 0.15) is 37.9 Å². The average molecular weight is 547 g/mol. The molecule has 212 valence electrons. The summed E-state index contributed by atoms with van der Waals surface area (Å²) in [6.45, 7) is 3.42. The Morgan fingerprint density at radius 1 is 0.949 bits per heavy atom. The first-order valence-corrected chi connectivity index (χ1v) is 12.3. The molecular weight excluding hydrogens is 512 g/mol. The van der Waals surface area contributed by atoms with Crippen molar-refractivity contribution < 1.29 is 39.3 Å². The van der Waals surface area contributed by atoms with Crippen molar-refractivity contribution in [2.45, 2.75) is 63.7 Å². The molecule has 2 rings (SSSR count). The summed E-state index contributed by atoms with van der Waals surface area (Å²) in [6, 6.07) is 1.01. The second-order valence-electron chi connectivity index (χ2n) is 9.19. The number of carboxylic acids is 2. The highest BCUT2D eigenvalue weighted by molar-refractivity contribution is 5.95. The van der Waals surface area contributed by atoms with Crippen LogP contribution in [0.4, 0.5) is 0 Å². The maximum Gasteiger partial charge on any atom is 0.326 e. The molecule has 0 radical (unpaired) electrons. The molecule has 5 unspecified atom stereocenters. The number of nitrogens with one attached hydrogen (secondary N) is 4. The molecule has 14 nitrogen and oxygen atoms in total. The van der Waals surface area contributed by atoms with Gasteiger partial charge in [-0.25, -0.2) is 9.78 Å². The molecule has 0 aliphatic rings. The summed E-state index contributed by atoms with van der Waals surface area (Å²) in [5.74, 6) is -5.61. The molecule has 1 heterocycles. The quantitative estimate of drug-likeness (QED) is 0.140. The Kier molecular flexibility index (Phi) is 11.4. The van der Waals surface area contributed by atoms with Gasteiger partial charge in [0.25, 0.3) is 0 Å². The number of benzene rings is 1. The lowest BCUT2D eigenvalue weighted by Crippen LogP contribution is -2.59. The number of hydrogen-bond donors (Lipinski definition) is 8. The number of aromatic nitrogens is 2. The molecule has 0 spiro atoms. The molecule has 0 aliphatic heterocycles. The van der Waals surface area contributed by atoms with Crippen LogP contribution in [-0.2, 0) is 36.8 Å². The fraction of sp³-hybridized carbons (Fsp3) is 0.440. The molecule has 39 heavy (non-hydrogen) atoms. The van der Waals surface area contributed by atoms with Crippen LogP contribution >= 0.6 is 0 Å². The molecular formula is C25H34N6O8. The summed E-state index contributed by atoms with van der Waals surface area (Å²) in [5.41, 5.74) is 7.26. The number of rotatable bonds is 15. The van der Waals surface area contributed by atoms with E-state index in [9.17, 15) is 34.2 Å². The van der Waals surface area contributed by atoms with Gasteiger partial charge in [-0.1, -0.05) is 32.4 Å². The van der Waals surface area contributed by atoms with Crippen molar-refractivity contribution in [1.29, 1.82) is 0 Å². The van der Waals surface area contributed by atoms with Gasteiger partial charge in [0.2, 0.25) is 17.7 Å². The van der Waals surface area contributed by atoms with Gasteiger partial charge in [0, 0.05) is 18.3 Å². The zero-order valence-electron chi connectivity index (χ0n) is 21.6. The molecule has 0 bridgehead atoms. The van der Waals surface area contributed by atoms with Crippen molar-refractivity contribution in [2.75, 3.05) is 0 Å². The molecule has 0 saturated heterocycles. The van der Waals surface area contributed by atoms with E-state index in [4.69, 9.17) is 10.8 Å². The lowest BCUT2D eigenvalue weighted by atomic mass is 9.97. The van der Waals surface area contributed by atoms with Gasteiger partial charge < -0.3 is 42.0 Å². The molecule has 14 heteroatoms. The number of carboxylic acid groups (broad SMARTS) is 2. The van der Waals surface area contributed by atoms with Crippen molar-refractivity contribution in [1.82, 2.24) is 25.9 Å². The highest BCUT2D eigenvalue weighted by atomic mass is 16.4. The van der Waals surface area contributed by atoms with Crippen molar-refractivity contribution >= 4 is 29.7 Å². The first-order chi connectivity index (χ1) is 18.4. The number of aliphatic carboxylic acids is 2. The lowest BCUT2D eigenvalue weighted by Gasteiger charge is -2.28. The van der Waals surface area contributed by atoms with Gasteiger partial charge in [0.1, 0.15) is 23.9 Å². The molecule has 9 N–H and O–H groups in total. The number of imidazole rings is 1. The minimum atomic E-state index is -1.70. The molecule has 0 aliphatic carbocycles. The minimum absolute atomic E-state index is 0.0187. The maximum atomic E-state index is 13.3. The Morgan fingerprint density at radius 2 is 1.59 bits per heavy atom. The summed E-state index contributed by atoms with van der Waals surface area (Å²) < 4.78 is 0. The Labute approximate surface area is 224 Å². The first-order valence-electron chi connectivity index (χ1n) is 12.3. The number of nitrogens with two attached hydrogens (primary N) is 1. The SMILES string of the molecule is CCC(C)C(NC(=O)C(Cc1cnc[nH]1)NC(=O)C(N)Cc1ccc(O)cc1)C(=O)NC(CC(=O)O)C(=O)O. The van der Waals surface area contributed by atoms with Crippen LogP contribution in [0, 0.1) is 5.92 Å². The van der Waals surface area contributed by atoms with Gasteiger partial charge in [0.15, 0.2) is 0 Å². The van der Waals surface area contributed by atoms with Crippen molar-refractivity contribution in [3.63, 3.8) is 0 Å². The summed E-state index contributed by atoms with van der Waals surface area (Å²) in [5, 5.41) is 35.0. The Balaban J connectivity index is 2.19. The molecule has 1 aromatic carbocycles. The Morgan fingerprint density at radius 3 is 2.13 bits per heavy atom. The van der Waals surface area contributed by atoms with Crippen molar-refractivity contribution in [2.24, 2.45) is 11.7 Å². The fourth-order valence-corrected chi connectivity index (χ4v) is 3.67. The van der Waals surface area contributed by atoms with E-state index in [0.29, 0.717) is 17.7 Å². The number of amides is 3. The van der Waals surface area contributed by atoms with Crippen LogP contribution in [0.3, 0.4) is 0 Å². The van der Waals surface area contributed by atoms with Crippen LogP contribution < -0.4 is 21.7 Å². The summed E-state index contributed by atoms with van der Waals surface area (Å²) in [6.07, 6.45) is 2.54. The van der Waals surface area contributed by atoms with Crippen LogP contribution in [0.15, 0.2) is 36.8 Å². The summed E-state index contributed by atoms with van der Waals surface area (Å²) in [4.78, 5) is 68.4. The largest absolute Gasteiger partial charge is 0.508 e. The van der Waals surface area contributed by atoms with E-state index in [2.05, 4.69) is 25.9 Å². The smallest absolute Gasteiger partial charge is 0.326 e. The number of carbonyl (C=O) groups excluding carboxylic acids is 3. The van der Waals surface area contributed by atoms with Crippen molar-refractivity contribution in [3.8, 4) is 5.75 Å². The first kappa shape index (κ1) is 30.8. The van der Waals surface area contributed by atoms with Gasteiger partial charge in [-0.3, -0.25) is 19.2 Å². The second kappa shape index (κ2) is 14.5. The van der Waals surface area contributed by atoms with Gasteiger partial charge in [0.05, 0.1) is 18.8 Å². The number of hydrogen-bond acceptors (Lipinski definition) is 8. The minimum Gasteiger partial charge on any atom is -0.508 e. The van der Waals surface area contributed by atoms with Gasteiger partial charge >= 0.3 is 11.9 Å². The lowest BCUT2D eigenvalue weighted by molar-refractivity contribution is -0.147. The van der Waals surface area contributed by atoms with E-state index in [1.165, 1.54) is 24.7 Å². The van der Waals surface area contributed by atoms with E-state index in [1.54, 1.807) is 26.0 Å². The molecule has 0 fully saturated rings. The van der Waals surface area contributed by atoms with Gasteiger partial charge in [-0.05, 0) is 30.0 Å².